The Balaban J connectivity index is 2.37. The number of thiophene rings is 1. The second-order valence-electron chi connectivity index (χ2n) is 5.23. The van der Waals surface area contributed by atoms with Gasteiger partial charge in [-0.05, 0) is 25.8 Å². The van der Waals surface area contributed by atoms with Crippen molar-refractivity contribution in [1.29, 1.82) is 0 Å². The Morgan fingerprint density at radius 2 is 1.96 bits per heavy atom. The van der Waals surface area contributed by atoms with Gasteiger partial charge in [-0.1, -0.05) is 0 Å². The molecule has 8 heteroatoms. The van der Waals surface area contributed by atoms with Crippen molar-refractivity contribution in [3.8, 4) is 0 Å². The van der Waals surface area contributed by atoms with Crippen LogP contribution in [0.4, 0.5) is 5.00 Å². The highest BCUT2D eigenvalue weighted by molar-refractivity contribution is 7.18. The molecule has 0 atom stereocenters. The molecule has 1 fully saturated rings. The van der Waals surface area contributed by atoms with Gasteiger partial charge in [0.05, 0.1) is 18.8 Å². The summed E-state index contributed by atoms with van der Waals surface area (Å²) in [5, 5.41) is 0.465. The van der Waals surface area contributed by atoms with Gasteiger partial charge in [0.2, 0.25) is 5.91 Å². The maximum Gasteiger partial charge on any atom is 0.348 e. The van der Waals surface area contributed by atoms with Crippen molar-refractivity contribution in [2.75, 3.05) is 38.4 Å². The zero-order valence-corrected chi connectivity index (χ0v) is 14.9. The van der Waals surface area contributed by atoms with E-state index in [1.165, 1.54) is 7.11 Å². The fourth-order valence-electron chi connectivity index (χ4n) is 2.47. The lowest BCUT2D eigenvalue weighted by molar-refractivity contribution is -0.117. The molecule has 1 amide bonds. The van der Waals surface area contributed by atoms with Crippen LogP contribution >= 0.6 is 11.3 Å². The molecular weight excluding hydrogens is 334 g/mol. The lowest BCUT2D eigenvalue weighted by Gasteiger charge is -2.15. The highest BCUT2D eigenvalue weighted by atomic mass is 32.1. The second kappa shape index (κ2) is 8.25. The number of amides is 1. The van der Waals surface area contributed by atoms with Crippen molar-refractivity contribution in [2.45, 2.75) is 26.7 Å². The maximum atomic E-state index is 12.3. The molecule has 0 bridgehead atoms. The van der Waals surface area contributed by atoms with Crippen LogP contribution in [0.2, 0.25) is 0 Å². The number of methoxy groups -OCH3 is 1. The van der Waals surface area contributed by atoms with Crippen LogP contribution in [-0.2, 0) is 19.0 Å². The molecule has 1 aliphatic heterocycles. The number of ether oxygens (including phenoxy) is 3. The van der Waals surface area contributed by atoms with Gasteiger partial charge in [0, 0.05) is 20.1 Å². The molecule has 1 aliphatic rings. The quantitative estimate of drug-likeness (QED) is 0.551. The third-order valence-corrected chi connectivity index (χ3v) is 4.93. The van der Waals surface area contributed by atoms with Crippen molar-refractivity contribution < 1.29 is 28.6 Å². The van der Waals surface area contributed by atoms with Crippen LogP contribution in [0, 0.1) is 6.92 Å². The molecule has 0 unspecified atom stereocenters. The van der Waals surface area contributed by atoms with Crippen LogP contribution in [0.1, 0.15) is 45.4 Å². The summed E-state index contributed by atoms with van der Waals surface area (Å²) in [4.78, 5) is 38.5. The smallest absolute Gasteiger partial charge is 0.348 e. The summed E-state index contributed by atoms with van der Waals surface area (Å²) in [6.07, 6.45) is 1.17. The van der Waals surface area contributed by atoms with E-state index >= 15 is 0 Å². The molecule has 0 aromatic carbocycles. The Hall–Kier alpha value is -1.93. The number of carbonyl (C=O) groups excluding carboxylic acids is 3. The van der Waals surface area contributed by atoms with E-state index in [0.29, 0.717) is 35.0 Å². The summed E-state index contributed by atoms with van der Waals surface area (Å²) in [5.41, 5.74) is 0.756. The topological polar surface area (TPSA) is 82.1 Å². The average molecular weight is 355 g/mol. The van der Waals surface area contributed by atoms with Gasteiger partial charge in [-0.25, -0.2) is 9.59 Å². The van der Waals surface area contributed by atoms with Crippen molar-refractivity contribution in [3.05, 3.63) is 16.0 Å². The van der Waals surface area contributed by atoms with E-state index in [1.54, 1.807) is 18.7 Å². The van der Waals surface area contributed by atoms with E-state index < -0.39 is 11.9 Å². The summed E-state index contributed by atoms with van der Waals surface area (Å²) in [7, 11) is 1.51. The minimum absolute atomic E-state index is 0.0545. The molecule has 0 radical (unpaired) electrons. The molecule has 2 rings (SSSR count). The van der Waals surface area contributed by atoms with Crippen molar-refractivity contribution in [2.24, 2.45) is 0 Å². The van der Waals surface area contributed by atoms with Gasteiger partial charge in [-0.3, -0.25) is 4.79 Å². The first-order valence-corrected chi connectivity index (χ1v) is 8.59. The zero-order valence-electron chi connectivity index (χ0n) is 14.0. The molecule has 0 aliphatic carbocycles. The molecule has 0 N–H and O–H groups in total. The predicted octanol–water partition coefficient (Wildman–Crippen LogP) is 2.16. The van der Waals surface area contributed by atoms with E-state index in [9.17, 15) is 14.4 Å². The van der Waals surface area contributed by atoms with E-state index in [1.807, 2.05) is 0 Å². The Labute approximate surface area is 144 Å². The van der Waals surface area contributed by atoms with Gasteiger partial charge in [-0.15, -0.1) is 11.3 Å². The Morgan fingerprint density at radius 1 is 1.21 bits per heavy atom. The first-order valence-electron chi connectivity index (χ1n) is 7.78. The van der Waals surface area contributed by atoms with E-state index in [0.717, 1.165) is 17.8 Å². The number of carbonyl (C=O) groups is 3. The Kier molecular flexibility index (Phi) is 6.33. The molecule has 0 spiro atoms. The van der Waals surface area contributed by atoms with Crippen molar-refractivity contribution in [3.63, 3.8) is 0 Å². The summed E-state index contributed by atoms with van der Waals surface area (Å²) >= 11 is 1.10. The van der Waals surface area contributed by atoms with Crippen LogP contribution in [0.3, 0.4) is 0 Å². The summed E-state index contributed by atoms with van der Waals surface area (Å²) < 4.78 is 15.1. The minimum Gasteiger partial charge on any atom is -0.462 e. The van der Waals surface area contributed by atoms with Gasteiger partial charge in [-0.2, -0.15) is 0 Å². The molecule has 2 heterocycles. The fourth-order valence-corrected chi connectivity index (χ4v) is 3.71. The monoisotopic (exact) mass is 355 g/mol. The normalized spacial score (nSPS) is 14.1. The number of esters is 2. The van der Waals surface area contributed by atoms with Gasteiger partial charge < -0.3 is 19.1 Å². The first kappa shape index (κ1) is 18.4. The average Bonchev–Trinajstić information content (AvgIpc) is 3.10. The Bertz CT molecular complexity index is 639. The number of anilines is 1. The van der Waals surface area contributed by atoms with Crippen LogP contribution in [0.25, 0.3) is 0 Å². The lowest BCUT2D eigenvalue weighted by Crippen LogP contribution is -2.25. The molecule has 24 heavy (non-hydrogen) atoms. The third-order valence-electron chi connectivity index (χ3n) is 3.63. The van der Waals surface area contributed by atoms with Crippen molar-refractivity contribution >= 4 is 34.2 Å². The SMILES string of the molecule is CCOC(=O)c1c(N2CCCC2=O)sc(C(=O)OCCOC)c1C. The van der Waals surface area contributed by atoms with Gasteiger partial charge >= 0.3 is 11.9 Å². The second-order valence-corrected chi connectivity index (χ2v) is 6.23. The number of nitrogens with zero attached hydrogens (tertiary/aromatic N) is 1. The number of hydrogen-bond acceptors (Lipinski definition) is 7. The van der Waals surface area contributed by atoms with Crippen LogP contribution in [-0.4, -0.2) is 51.3 Å². The first-order chi connectivity index (χ1) is 11.5. The standard InChI is InChI=1S/C16H21NO6S/c1-4-22-15(19)12-10(2)13(16(20)23-9-8-21-3)24-14(12)17-7-5-6-11(17)18/h4-9H2,1-3H3. The highest BCUT2D eigenvalue weighted by Gasteiger charge is 2.33. The zero-order chi connectivity index (χ0) is 17.7. The molecule has 132 valence electrons. The van der Waals surface area contributed by atoms with Crippen molar-refractivity contribution in [1.82, 2.24) is 0 Å². The minimum atomic E-state index is -0.531. The highest BCUT2D eigenvalue weighted by Crippen LogP contribution is 2.38. The summed E-state index contributed by atoms with van der Waals surface area (Å²) in [6, 6.07) is 0. The molecule has 0 saturated carbocycles. The van der Waals surface area contributed by atoms with E-state index in [2.05, 4.69) is 0 Å². The third kappa shape index (κ3) is 3.76. The molecule has 1 aromatic heterocycles. The van der Waals surface area contributed by atoms with Gasteiger partial charge in [0.15, 0.2) is 0 Å². The van der Waals surface area contributed by atoms with Crippen LogP contribution < -0.4 is 4.90 Å². The van der Waals surface area contributed by atoms with E-state index in [4.69, 9.17) is 14.2 Å². The lowest BCUT2D eigenvalue weighted by atomic mass is 10.1. The molecule has 1 saturated heterocycles. The number of hydrogen-bond donors (Lipinski definition) is 0. The van der Waals surface area contributed by atoms with Gasteiger partial charge in [0.1, 0.15) is 16.5 Å². The van der Waals surface area contributed by atoms with Crippen LogP contribution in [0.15, 0.2) is 0 Å². The fraction of sp³-hybridized carbons (Fsp3) is 0.562. The van der Waals surface area contributed by atoms with Gasteiger partial charge in [0.25, 0.3) is 0 Å². The largest absolute Gasteiger partial charge is 0.462 e. The summed E-state index contributed by atoms with van der Waals surface area (Å²) in [5.74, 6) is -1.11. The number of rotatable bonds is 7. The molecule has 7 nitrogen and oxygen atoms in total. The molecular formula is C16H21NO6S. The maximum absolute atomic E-state index is 12.3. The predicted molar refractivity (Wildman–Crippen MR) is 88.8 cm³/mol. The van der Waals surface area contributed by atoms with E-state index in [-0.39, 0.29) is 24.7 Å². The summed E-state index contributed by atoms with van der Waals surface area (Å²) in [6.45, 7) is 4.54. The molecule has 1 aromatic rings. The van der Waals surface area contributed by atoms with Crippen LogP contribution in [0.5, 0.6) is 0 Å². The Morgan fingerprint density at radius 3 is 2.54 bits per heavy atom.